The molecule has 0 aromatic rings. The average Bonchev–Trinajstić information content (AvgIpc) is 2.76. The monoisotopic (exact) mass is 216 g/mol. The Bertz CT molecular complexity index is 217. The smallest absolute Gasteiger partial charge is 0.336 e. The van der Waals surface area contributed by atoms with E-state index in [9.17, 15) is 9.90 Å². The van der Waals surface area contributed by atoms with Gasteiger partial charge in [0, 0.05) is 5.75 Å². The normalized spacial score (nSPS) is 33.7. The first-order valence-corrected chi connectivity index (χ1v) is 6.37. The minimum atomic E-state index is -0.861. The summed E-state index contributed by atoms with van der Waals surface area (Å²) in [5.74, 6) is 0.770. The van der Waals surface area contributed by atoms with Crippen molar-refractivity contribution in [2.75, 3.05) is 11.5 Å². The van der Waals surface area contributed by atoms with E-state index in [2.05, 4.69) is 0 Å². The number of aliphatic carboxylic acids is 1. The second kappa shape index (κ2) is 4.11. The van der Waals surface area contributed by atoms with Crippen molar-refractivity contribution < 1.29 is 14.6 Å². The van der Waals surface area contributed by atoms with E-state index in [-0.39, 0.29) is 6.10 Å². The molecule has 0 amide bonds. The third-order valence-corrected chi connectivity index (χ3v) is 4.23. The number of thioether (sulfide) groups is 1. The molecule has 14 heavy (non-hydrogen) atoms. The van der Waals surface area contributed by atoms with Crippen LogP contribution >= 0.6 is 11.8 Å². The zero-order valence-electron chi connectivity index (χ0n) is 8.20. The highest BCUT2D eigenvalue weighted by molar-refractivity contribution is 7.99. The Kier molecular flexibility index (Phi) is 3.02. The van der Waals surface area contributed by atoms with Gasteiger partial charge in [0.1, 0.15) is 0 Å². The molecule has 1 aliphatic heterocycles. The van der Waals surface area contributed by atoms with Crippen LogP contribution in [0.3, 0.4) is 0 Å². The summed E-state index contributed by atoms with van der Waals surface area (Å²) < 4.78 is 5.80. The molecule has 1 saturated heterocycles. The molecule has 0 radical (unpaired) electrons. The second-order valence-corrected chi connectivity index (χ2v) is 5.23. The van der Waals surface area contributed by atoms with E-state index in [0.29, 0.717) is 12.2 Å². The quantitative estimate of drug-likeness (QED) is 0.782. The van der Waals surface area contributed by atoms with Gasteiger partial charge < -0.3 is 9.84 Å². The van der Waals surface area contributed by atoms with Crippen molar-refractivity contribution in [3.05, 3.63) is 0 Å². The van der Waals surface area contributed by atoms with E-state index < -0.39 is 11.6 Å². The summed E-state index contributed by atoms with van der Waals surface area (Å²) in [5, 5.41) is 9.19. The molecule has 1 atom stereocenters. The Morgan fingerprint density at radius 1 is 1.43 bits per heavy atom. The molecule has 1 aliphatic carbocycles. The summed E-state index contributed by atoms with van der Waals surface area (Å²) in [6.07, 6.45) is 5.33. The fourth-order valence-corrected chi connectivity index (χ4v) is 3.47. The van der Waals surface area contributed by atoms with Crippen LogP contribution < -0.4 is 0 Å². The van der Waals surface area contributed by atoms with Crippen molar-refractivity contribution in [1.82, 2.24) is 0 Å². The van der Waals surface area contributed by atoms with Gasteiger partial charge in [-0.2, -0.15) is 11.8 Å². The van der Waals surface area contributed by atoms with Crippen LogP contribution in [0.15, 0.2) is 0 Å². The van der Waals surface area contributed by atoms with E-state index in [1.807, 2.05) is 0 Å². The van der Waals surface area contributed by atoms with E-state index in [4.69, 9.17) is 4.74 Å². The Morgan fingerprint density at radius 3 is 2.64 bits per heavy atom. The van der Waals surface area contributed by atoms with Crippen LogP contribution in [-0.4, -0.2) is 34.3 Å². The first-order chi connectivity index (χ1) is 6.73. The molecule has 1 N–H and O–H groups in total. The average molecular weight is 216 g/mol. The van der Waals surface area contributed by atoms with Crippen LogP contribution in [0, 0.1) is 0 Å². The SMILES string of the molecule is O=C(O)C1(OC2CCCC2)CCSC1. The van der Waals surface area contributed by atoms with E-state index in [0.717, 1.165) is 18.6 Å². The molecule has 1 heterocycles. The molecule has 2 rings (SSSR count). The maximum atomic E-state index is 11.2. The van der Waals surface area contributed by atoms with Crippen molar-refractivity contribution >= 4 is 17.7 Å². The van der Waals surface area contributed by atoms with E-state index in [1.54, 1.807) is 11.8 Å². The van der Waals surface area contributed by atoms with Gasteiger partial charge in [0.15, 0.2) is 5.60 Å². The molecule has 1 unspecified atom stereocenters. The van der Waals surface area contributed by atoms with Gasteiger partial charge in [-0.1, -0.05) is 12.8 Å². The van der Waals surface area contributed by atoms with Crippen molar-refractivity contribution in [3.8, 4) is 0 Å². The lowest BCUT2D eigenvalue weighted by Gasteiger charge is -2.27. The highest BCUT2D eigenvalue weighted by atomic mass is 32.2. The Labute approximate surface area is 88.2 Å². The molecule has 2 aliphatic rings. The first kappa shape index (κ1) is 10.3. The van der Waals surface area contributed by atoms with Gasteiger partial charge in [-0.3, -0.25) is 0 Å². The molecular formula is C10H16O3S. The molecule has 0 aromatic carbocycles. The van der Waals surface area contributed by atoms with Crippen molar-refractivity contribution in [2.45, 2.75) is 43.8 Å². The second-order valence-electron chi connectivity index (χ2n) is 4.13. The zero-order valence-corrected chi connectivity index (χ0v) is 9.02. The first-order valence-electron chi connectivity index (χ1n) is 5.22. The minimum absolute atomic E-state index is 0.199. The third-order valence-electron chi connectivity index (χ3n) is 3.07. The maximum Gasteiger partial charge on any atom is 0.336 e. The predicted octanol–water partition coefficient (Wildman–Crippen LogP) is 1.91. The summed E-state index contributed by atoms with van der Waals surface area (Å²) in [7, 11) is 0. The fraction of sp³-hybridized carbons (Fsp3) is 0.900. The van der Waals surface area contributed by atoms with Crippen LogP contribution in [0.5, 0.6) is 0 Å². The maximum absolute atomic E-state index is 11.2. The Balaban J connectivity index is 1.99. The van der Waals surface area contributed by atoms with Crippen LogP contribution in [0.25, 0.3) is 0 Å². The zero-order chi connectivity index (χ0) is 10.0. The molecular weight excluding hydrogens is 200 g/mol. The summed E-state index contributed by atoms with van der Waals surface area (Å²) in [5.41, 5.74) is -0.861. The number of carbonyl (C=O) groups is 1. The molecule has 4 heteroatoms. The molecule has 3 nitrogen and oxygen atoms in total. The van der Waals surface area contributed by atoms with Gasteiger partial charge >= 0.3 is 5.97 Å². The lowest BCUT2D eigenvalue weighted by atomic mass is 10.0. The lowest BCUT2D eigenvalue weighted by Crippen LogP contribution is -2.44. The standard InChI is InChI=1S/C10H16O3S/c11-9(12)10(5-6-14-7-10)13-8-3-1-2-4-8/h8H,1-7H2,(H,11,12). The van der Waals surface area contributed by atoms with Gasteiger partial charge in [0.2, 0.25) is 0 Å². The third kappa shape index (κ3) is 1.91. The largest absolute Gasteiger partial charge is 0.479 e. The number of carboxylic acid groups (broad SMARTS) is 1. The highest BCUT2D eigenvalue weighted by Gasteiger charge is 2.45. The summed E-state index contributed by atoms with van der Waals surface area (Å²) in [6.45, 7) is 0. The predicted molar refractivity (Wildman–Crippen MR) is 55.6 cm³/mol. The molecule has 2 fully saturated rings. The number of hydrogen-bond acceptors (Lipinski definition) is 3. The molecule has 80 valence electrons. The Morgan fingerprint density at radius 2 is 2.14 bits per heavy atom. The van der Waals surface area contributed by atoms with Gasteiger partial charge in [0.25, 0.3) is 0 Å². The van der Waals surface area contributed by atoms with Crippen molar-refractivity contribution in [3.63, 3.8) is 0 Å². The van der Waals surface area contributed by atoms with E-state index >= 15 is 0 Å². The van der Waals surface area contributed by atoms with Gasteiger partial charge in [-0.15, -0.1) is 0 Å². The van der Waals surface area contributed by atoms with Gasteiger partial charge in [-0.05, 0) is 25.0 Å². The van der Waals surface area contributed by atoms with Crippen LogP contribution in [0.1, 0.15) is 32.1 Å². The highest BCUT2D eigenvalue weighted by Crippen LogP contribution is 2.35. The molecule has 0 spiro atoms. The Hall–Kier alpha value is -0.220. The van der Waals surface area contributed by atoms with E-state index in [1.165, 1.54) is 12.8 Å². The van der Waals surface area contributed by atoms with Crippen LogP contribution in [0.2, 0.25) is 0 Å². The van der Waals surface area contributed by atoms with Crippen LogP contribution in [0.4, 0.5) is 0 Å². The molecule has 1 saturated carbocycles. The number of hydrogen-bond donors (Lipinski definition) is 1. The van der Waals surface area contributed by atoms with Crippen LogP contribution in [-0.2, 0) is 9.53 Å². The van der Waals surface area contributed by atoms with Gasteiger partial charge in [0.05, 0.1) is 6.10 Å². The summed E-state index contributed by atoms with van der Waals surface area (Å²) >= 11 is 1.69. The minimum Gasteiger partial charge on any atom is -0.479 e. The van der Waals surface area contributed by atoms with Gasteiger partial charge in [-0.25, -0.2) is 4.79 Å². The molecule has 0 aromatic heterocycles. The molecule has 0 bridgehead atoms. The summed E-state index contributed by atoms with van der Waals surface area (Å²) in [4.78, 5) is 11.2. The lowest BCUT2D eigenvalue weighted by molar-refractivity contribution is -0.169. The number of rotatable bonds is 3. The van der Waals surface area contributed by atoms with Crippen molar-refractivity contribution in [1.29, 1.82) is 0 Å². The topological polar surface area (TPSA) is 46.5 Å². The number of carboxylic acids is 1. The number of ether oxygens (including phenoxy) is 1. The summed E-state index contributed by atoms with van der Waals surface area (Å²) in [6, 6.07) is 0. The van der Waals surface area contributed by atoms with Crippen molar-refractivity contribution in [2.24, 2.45) is 0 Å². The fourth-order valence-electron chi connectivity index (χ4n) is 2.18.